The lowest BCUT2D eigenvalue weighted by Crippen LogP contribution is -2.49. The van der Waals surface area contributed by atoms with Crippen LogP contribution in [0.25, 0.3) is 0 Å². The van der Waals surface area contributed by atoms with Gasteiger partial charge in [-0.15, -0.1) is 0 Å². The lowest BCUT2D eigenvalue weighted by molar-refractivity contribution is -0.143. The highest BCUT2D eigenvalue weighted by Gasteiger charge is 2.25. The average molecular weight is 509 g/mol. The maximum atomic E-state index is 14.1. The fraction of sp³-hybridized carbons (Fsp3) is 0.462. The molecule has 3 rings (SSSR count). The number of amides is 1. The summed E-state index contributed by atoms with van der Waals surface area (Å²) in [6, 6.07) is 10.9. The zero-order valence-electron chi connectivity index (χ0n) is 19.9. The maximum absolute atomic E-state index is 14.1. The minimum absolute atomic E-state index is 0.0227. The van der Waals surface area contributed by atoms with E-state index in [0.717, 1.165) is 5.56 Å². The SMILES string of the molecule is CCOC(=O)CCCC(=O)N1CCN(CC(OCc2c(F)cccc2F)c2ccc(Cl)cc2)CC1. The number of nitrogens with zero attached hydrogens (tertiary/aromatic N) is 2. The van der Waals surface area contributed by atoms with Crippen molar-refractivity contribution in [2.45, 2.75) is 38.9 Å². The van der Waals surface area contributed by atoms with Gasteiger partial charge in [0.15, 0.2) is 0 Å². The monoisotopic (exact) mass is 508 g/mol. The van der Waals surface area contributed by atoms with Crippen molar-refractivity contribution in [3.63, 3.8) is 0 Å². The highest BCUT2D eigenvalue weighted by molar-refractivity contribution is 6.30. The van der Waals surface area contributed by atoms with Gasteiger partial charge in [-0.05, 0) is 43.2 Å². The molecule has 2 aromatic rings. The van der Waals surface area contributed by atoms with Crippen molar-refractivity contribution in [3.05, 3.63) is 70.2 Å². The van der Waals surface area contributed by atoms with E-state index >= 15 is 0 Å². The Bertz CT molecular complexity index is 962. The molecule has 1 amide bonds. The van der Waals surface area contributed by atoms with Crippen LogP contribution in [0, 0.1) is 11.6 Å². The molecule has 1 saturated heterocycles. The van der Waals surface area contributed by atoms with Crippen LogP contribution in [0.4, 0.5) is 8.78 Å². The van der Waals surface area contributed by atoms with Gasteiger partial charge in [-0.25, -0.2) is 8.78 Å². The van der Waals surface area contributed by atoms with Crippen molar-refractivity contribution in [2.75, 3.05) is 39.3 Å². The molecule has 0 bridgehead atoms. The Balaban J connectivity index is 1.55. The summed E-state index contributed by atoms with van der Waals surface area (Å²) in [6.07, 6.45) is 0.584. The van der Waals surface area contributed by atoms with Gasteiger partial charge in [0.1, 0.15) is 11.6 Å². The predicted molar refractivity (Wildman–Crippen MR) is 129 cm³/mol. The van der Waals surface area contributed by atoms with E-state index in [1.165, 1.54) is 18.2 Å². The summed E-state index contributed by atoms with van der Waals surface area (Å²) in [7, 11) is 0. The molecule has 0 saturated carbocycles. The van der Waals surface area contributed by atoms with Crippen LogP contribution in [0.5, 0.6) is 0 Å². The zero-order valence-corrected chi connectivity index (χ0v) is 20.6. The van der Waals surface area contributed by atoms with E-state index in [4.69, 9.17) is 21.1 Å². The van der Waals surface area contributed by atoms with E-state index in [1.807, 2.05) is 12.1 Å². The van der Waals surface area contributed by atoms with Gasteiger partial charge in [0.25, 0.3) is 0 Å². The number of benzene rings is 2. The van der Waals surface area contributed by atoms with Crippen LogP contribution >= 0.6 is 11.6 Å². The van der Waals surface area contributed by atoms with Gasteiger partial charge in [-0.1, -0.05) is 29.8 Å². The molecule has 1 aliphatic rings. The van der Waals surface area contributed by atoms with Crippen molar-refractivity contribution in [3.8, 4) is 0 Å². The van der Waals surface area contributed by atoms with Gasteiger partial charge < -0.3 is 14.4 Å². The third-order valence-electron chi connectivity index (χ3n) is 5.96. The number of piperazine rings is 1. The largest absolute Gasteiger partial charge is 0.466 e. The summed E-state index contributed by atoms with van der Waals surface area (Å²) in [5.41, 5.74) is 0.744. The van der Waals surface area contributed by atoms with Gasteiger partial charge >= 0.3 is 5.97 Å². The molecule has 0 spiro atoms. The second-order valence-electron chi connectivity index (χ2n) is 8.39. The third-order valence-corrected chi connectivity index (χ3v) is 6.21. The number of hydrogen-bond acceptors (Lipinski definition) is 5. The van der Waals surface area contributed by atoms with Crippen LogP contribution in [0.15, 0.2) is 42.5 Å². The normalized spacial score (nSPS) is 15.1. The van der Waals surface area contributed by atoms with Crippen molar-refractivity contribution < 1.29 is 27.8 Å². The Hall–Kier alpha value is -2.55. The topological polar surface area (TPSA) is 59.1 Å². The van der Waals surface area contributed by atoms with Crippen molar-refractivity contribution in [2.24, 2.45) is 0 Å². The van der Waals surface area contributed by atoms with Gasteiger partial charge in [0, 0.05) is 56.2 Å². The molecule has 1 aliphatic heterocycles. The first-order valence-electron chi connectivity index (χ1n) is 11.8. The van der Waals surface area contributed by atoms with Crippen LogP contribution in [0.3, 0.4) is 0 Å². The fourth-order valence-corrected chi connectivity index (χ4v) is 4.10. The van der Waals surface area contributed by atoms with Gasteiger partial charge in [-0.3, -0.25) is 14.5 Å². The molecule has 1 heterocycles. The predicted octanol–water partition coefficient (Wildman–Crippen LogP) is 4.75. The summed E-state index contributed by atoms with van der Waals surface area (Å²) in [5.74, 6) is -1.55. The summed E-state index contributed by atoms with van der Waals surface area (Å²) >= 11 is 6.02. The lowest BCUT2D eigenvalue weighted by Gasteiger charge is -2.36. The Morgan fingerprint density at radius 2 is 1.66 bits per heavy atom. The summed E-state index contributed by atoms with van der Waals surface area (Å²) < 4.78 is 39.1. The van der Waals surface area contributed by atoms with E-state index in [-0.39, 0.29) is 30.5 Å². The van der Waals surface area contributed by atoms with E-state index in [0.29, 0.717) is 57.2 Å². The van der Waals surface area contributed by atoms with E-state index in [2.05, 4.69) is 4.90 Å². The Morgan fingerprint density at radius 1 is 1.00 bits per heavy atom. The first-order valence-corrected chi connectivity index (χ1v) is 12.2. The lowest BCUT2D eigenvalue weighted by atomic mass is 10.1. The molecule has 6 nitrogen and oxygen atoms in total. The number of halogens is 3. The molecule has 1 atom stereocenters. The van der Waals surface area contributed by atoms with Crippen molar-refractivity contribution in [1.82, 2.24) is 9.80 Å². The van der Waals surface area contributed by atoms with Crippen molar-refractivity contribution in [1.29, 1.82) is 0 Å². The summed E-state index contributed by atoms with van der Waals surface area (Å²) in [5, 5.41) is 0.586. The molecule has 0 aliphatic carbocycles. The van der Waals surface area contributed by atoms with Crippen molar-refractivity contribution >= 4 is 23.5 Å². The highest BCUT2D eigenvalue weighted by Crippen LogP contribution is 2.25. The molecule has 35 heavy (non-hydrogen) atoms. The third kappa shape index (κ3) is 8.26. The second-order valence-corrected chi connectivity index (χ2v) is 8.83. The average Bonchev–Trinajstić information content (AvgIpc) is 2.84. The Labute approximate surface area is 209 Å². The number of carbonyl (C=O) groups excluding carboxylic acids is 2. The van der Waals surface area contributed by atoms with Crippen LogP contribution in [-0.2, 0) is 25.7 Å². The Morgan fingerprint density at radius 3 is 2.29 bits per heavy atom. The molecule has 1 fully saturated rings. The quantitative estimate of drug-likeness (QED) is 0.410. The molecule has 0 N–H and O–H groups in total. The first kappa shape index (κ1) is 27.0. The molecule has 1 unspecified atom stereocenters. The highest BCUT2D eigenvalue weighted by atomic mass is 35.5. The smallest absolute Gasteiger partial charge is 0.305 e. The summed E-state index contributed by atoms with van der Waals surface area (Å²) in [4.78, 5) is 27.9. The molecular formula is C26H31ClF2N2O4. The van der Waals surface area contributed by atoms with Gasteiger partial charge in [0.2, 0.25) is 5.91 Å². The molecular weight excluding hydrogens is 478 g/mol. The standard InChI is InChI=1S/C26H31ClF2N2O4/c1-2-34-26(33)8-4-7-25(32)31-15-13-30(14-16-31)17-24(19-9-11-20(27)12-10-19)35-18-21-22(28)5-3-6-23(21)29/h3,5-6,9-12,24H,2,4,7-8,13-18H2,1H3. The number of ether oxygens (including phenoxy) is 2. The Kier molecular flexibility index (Phi) is 10.4. The maximum Gasteiger partial charge on any atom is 0.305 e. The molecule has 190 valence electrons. The first-order chi connectivity index (χ1) is 16.9. The minimum atomic E-state index is -0.644. The van der Waals surface area contributed by atoms with Gasteiger partial charge in [-0.2, -0.15) is 0 Å². The van der Waals surface area contributed by atoms with Crippen LogP contribution in [-0.4, -0.2) is 61.0 Å². The number of esters is 1. The molecule has 0 aromatic heterocycles. The number of rotatable bonds is 11. The van der Waals surface area contributed by atoms with Crippen LogP contribution in [0.1, 0.15) is 43.4 Å². The molecule has 9 heteroatoms. The fourth-order valence-electron chi connectivity index (χ4n) is 3.98. The number of hydrogen-bond donors (Lipinski definition) is 0. The summed E-state index contributed by atoms with van der Waals surface area (Å²) in [6.45, 7) is 4.80. The second kappa shape index (κ2) is 13.5. The van der Waals surface area contributed by atoms with Crippen LogP contribution in [0.2, 0.25) is 5.02 Å². The zero-order chi connectivity index (χ0) is 25.2. The van der Waals surface area contributed by atoms with E-state index < -0.39 is 17.7 Å². The van der Waals surface area contributed by atoms with E-state index in [9.17, 15) is 18.4 Å². The van der Waals surface area contributed by atoms with Crippen LogP contribution < -0.4 is 0 Å². The minimum Gasteiger partial charge on any atom is -0.466 e. The van der Waals surface area contributed by atoms with Gasteiger partial charge in [0.05, 0.1) is 19.3 Å². The molecule has 2 aromatic carbocycles. The molecule has 0 radical (unpaired) electrons. The number of carbonyl (C=O) groups is 2. The van der Waals surface area contributed by atoms with E-state index in [1.54, 1.807) is 24.0 Å².